The summed E-state index contributed by atoms with van der Waals surface area (Å²) >= 11 is 0. The van der Waals surface area contributed by atoms with Gasteiger partial charge in [-0.2, -0.15) is 0 Å². The standard InChI is InChI=1S/C18H27B/c1-6-15-8-7-9-16(12-15)10-11-19-13-17(2,3)18(4,5)14-19/h7-12H,6,13-14H2,1-5H3/b11-10+. The topological polar surface area (TPSA) is 0 Å². The van der Waals surface area contributed by atoms with Crippen LogP contribution >= 0.6 is 0 Å². The Kier molecular flexibility index (Phi) is 3.94. The molecule has 1 aromatic rings. The highest BCUT2D eigenvalue weighted by Gasteiger charge is 2.46. The smallest absolute Gasteiger partial charge is 0.114 e. The van der Waals surface area contributed by atoms with Gasteiger partial charge in [0.15, 0.2) is 6.71 Å². The van der Waals surface area contributed by atoms with Gasteiger partial charge in [-0.25, -0.2) is 0 Å². The molecule has 1 aromatic carbocycles. The summed E-state index contributed by atoms with van der Waals surface area (Å²) in [5.74, 6) is 2.44. The third-order valence-electron chi connectivity index (χ3n) is 5.30. The van der Waals surface area contributed by atoms with Gasteiger partial charge in [-0.05, 0) is 28.4 Å². The van der Waals surface area contributed by atoms with Crippen molar-refractivity contribution in [3.8, 4) is 0 Å². The lowest BCUT2D eigenvalue weighted by Gasteiger charge is -2.35. The van der Waals surface area contributed by atoms with Gasteiger partial charge in [-0.15, -0.1) is 5.98 Å². The molecule has 0 bridgehead atoms. The fraction of sp³-hybridized carbons (Fsp3) is 0.556. The van der Waals surface area contributed by atoms with Gasteiger partial charge in [-0.3, -0.25) is 0 Å². The first-order valence-corrected chi connectivity index (χ1v) is 7.61. The Balaban J connectivity index is 2.08. The van der Waals surface area contributed by atoms with Gasteiger partial charge in [0.1, 0.15) is 0 Å². The second-order valence-electron chi connectivity index (χ2n) is 7.39. The maximum absolute atomic E-state index is 2.44. The average Bonchev–Trinajstić information content (AvgIpc) is 2.56. The van der Waals surface area contributed by atoms with E-state index in [-0.39, 0.29) is 0 Å². The Morgan fingerprint density at radius 2 is 1.74 bits per heavy atom. The molecule has 19 heavy (non-hydrogen) atoms. The fourth-order valence-electron chi connectivity index (χ4n) is 3.24. The van der Waals surface area contributed by atoms with Crippen LogP contribution < -0.4 is 0 Å². The molecular formula is C18H27B. The van der Waals surface area contributed by atoms with E-state index in [9.17, 15) is 0 Å². The Morgan fingerprint density at radius 3 is 2.32 bits per heavy atom. The van der Waals surface area contributed by atoms with Gasteiger partial charge in [0.05, 0.1) is 0 Å². The van der Waals surface area contributed by atoms with Crippen LogP contribution in [0.3, 0.4) is 0 Å². The predicted molar refractivity (Wildman–Crippen MR) is 87.8 cm³/mol. The third kappa shape index (κ3) is 3.13. The van der Waals surface area contributed by atoms with Gasteiger partial charge < -0.3 is 0 Å². The summed E-state index contributed by atoms with van der Waals surface area (Å²) in [6.07, 6.45) is 6.06. The van der Waals surface area contributed by atoms with E-state index in [1.54, 1.807) is 0 Å². The van der Waals surface area contributed by atoms with Crippen LogP contribution in [0.25, 0.3) is 6.08 Å². The Labute approximate surface area is 119 Å². The van der Waals surface area contributed by atoms with E-state index < -0.39 is 0 Å². The van der Waals surface area contributed by atoms with Crippen LogP contribution in [0.1, 0.15) is 45.7 Å². The molecule has 1 aliphatic rings. The van der Waals surface area contributed by atoms with E-state index in [4.69, 9.17) is 0 Å². The number of hydrogen-bond donors (Lipinski definition) is 0. The van der Waals surface area contributed by atoms with E-state index in [2.05, 4.69) is 70.9 Å². The van der Waals surface area contributed by atoms with Crippen molar-refractivity contribution in [3.63, 3.8) is 0 Å². The molecule has 102 valence electrons. The molecule has 1 aliphatic heterocycles. The van der Waals surface area contributed by atoms with Crippen molar-refractivity contribution in [1.82, 2.24) is 0 Å². The largest absolute Gasteiger partial charge is 0.167 e. The van der Waals surface area contributed by atoms with Crippen LogP contribution in [0, 0.1) is 10.8 Å². The summed E-state index contributed by atoms with van der Waals surface area (Å²) < 4.78 is 0. The maximum atomic E-state index is 2.44. The first-order valence-electron chi connectivity index (χ1n) is 7.61. The first-order chi connectivity index (χ1) is 8.84. The minimum absolute atomic E-state index is 0.452. The first kappa shape index (κ1) is 14.4. The molecule has 0 saturated carbocycles. The number of benzene rings is 1. The zero-order valence-electron chi connectivity index (χ0n) is 13.2. The molecule has 0 nitrogen and oxygen atoms in total. The second kappa shape index (κ2) is 5.19. The van der Waals surface area contributed by atoms with Crippen LogP contribution in [0.2, 0.25) is 12.6 Å². The van der Waals surface area contributed by atoms with E-state index in [0.29, 0.717) is 10.8 Å². The maximum Gasteiger partial charge on any atom is 0.167 e. The summed E-state index contributed by atoms with van der Waals surface area (Å²) in [5.41, 5.74) is 3.68. The van der Waals surface area contributed by atoms with Crippen molar-refractivity contribution in [3.05, 3.63) is 41.4 Å². The van der Waals surface area contributed by atoms with E-state index in [1.807, 2.05) is 0 Å². The minimum Gasteiger partial charge on any atom is -0.114 e. The zero-order valence-corrected chi connectivity index (χ0v) is 13.2. The van der Waals surface area contributed by atoms with Gasteiger partial charge in [0.25, 0.3) is 0 Å². The molecular weight excluding hydrogens is 227 g/mol. The van der Waals surface area contributed by atoms with Crippen molar-refractivity contribution in [1.29, 1.82) is 0 Å². The summed E-state index contributed by atoms with van der Waals surface area (Å²) in [5, 5.41) is 0. The molecule has 1 saturated heterocycles. The second-order valence-corrected chi connectivity index (χ2v) is 7.39. The molecule has 1 heteroatoms. The quantitative estimate of drug-likeness (QED) is 0.637. The molecule has 2 rings (SSSR count). The van der Waals surface area contributed by atoms with Crippen LogP contribution in [0.5, 0.6) is 0 Å². The Morgan fingerprint density at radius 1 is 1.11 bits per heavy atom. The molecule has 1 heterocycles. The molecule has 0 atom stereocenters. The SMILES string of the molecule is CCc1cccc(/C=C/B2CC(C)(C)C(C)(C)C2)c1. The number of rotatable bonds is 3. The van der Waals surface area contributed by atoms with Gasteiger partial charge in [-0.1, -0.05) is 77.6 Å². The highest BCUT2D eigenvalue weighted by molar-refractivity contribution is 6.66. The van der Waals surface area contributed by atoms with Gasteiger partial charge in [0, 0.05) is 0 Å². The zero-order chi connectivity index (χ0) is 14.1. The normalized spacial score (nSPS) is 21.2. The molecule has 0 N–H and O–H groups in total. The van der Waals surface area contributed by atoms with E-state index in [0.717, 1.165) is 13.1 Å². The lowest BCUT2D eigenvalue weighted by atomic mass is 9.46. The molecule has 1 fully saturated rings. The summed E-state index contributed by atoms with van der Waals surface area (Å²) in [4.78, 5) is 0. The van der Waals surface area contributed by atoms with Crippen molar-refractivity contribution in [2.24, 2.45) is 10.8 Å². The fourth-order valence-corrected chi connectivity index (χ4v) is 3.24. The van der Waals surface area contributed by atoms with Gasteiger partial charge in [0.2, 0.25) is 0 Å². The number of hydrogen-bond acceptors (Lipinski definition) is 0. The molecule has 0 amide bonds. The van der Waals surface area contributed by atoms with Crippen LogP contribution in [0.15, 0.2) is 30.2 Å². The molecule has 0 aliphatic carbocycles. The lowest BCUT2D eigenvalue weighted by Crippen LogP contribution is -2.24. The van der Waals surface area contributed by atoms with E-state index in [1.165, 1.54) is 23.8 Å². The minimum atomic E-state index is 0.452. The number of aryl methyl sites for hydroxylation is 1. The summed E-state index contributed by atoms with van der Waals surface area (Å²) in [7, 11) is 0. The van der Waals surface area contributed by atoms with E-state index >= 15 is 0 Å². The highest BCUT2D eigenvalue weighted by atomic mass is 14.4. The Hall–Kier alpha value is -0.975. The van der Waals surface area contributed by atoms with Gasteiger partial charge >= 0.3 is 0 Å². The highest BCUT2D eigenvalue weighted by Crippen LogP contribution is 2.53. The van der Waals surface area contributed by atoms with Crippen molar-refractivity contribution >= 4 is 12.8 Å². The van der Waals surface area contributed by atoms with Crippen molar-refractivity contribution in [2.75, 3.05) is 0 Å². The average molecular weight is 254 g/mol. The summed E-state index contributed by atoms with van der Waals surface area (Å²) in [6.45, 7) is 12.6. The van der Waals surface area contributed by atoms with Crippen LogP contribution in [-0.2, 0) is 6.42 Å². The monoisotopic (exact) mass is 254 g/mol. The summed E-state index contributed by atoms with van der Waals surface area (Å²) in [6, 6.07) is 8.89. The molecule has 0 radical (unpaired) electrons. The molecule has 0 unspecified atom stereocenters. The molecule has 0 spiro atoms. The molecule has 0 aromatic heterocycles. The van der Waals surface area contributed by atoms with Crippen molar-refractivity contribution < 1.29 is 0 Å². The lowest BCUT2D eigenvalue weighted by molar-refractivity contribution is 0.177. The van der Waals surface area contributed by atoms with Crippen LogP contribution in [0.4, 0.5) is 0 Å². The third-order valence-corrected chi connectivity index (χ3v) is 5.30. The predicted octanol–water partition coefficient (Wildman–Crippen LogP) is 5.36. The van der Waals surface area contributed by atoms with Crippen LogP contribution in [-0.4, -0.2) is 6.71 Å². The van der Waals surface area contributed by atoms with Crippen molar-refractivity contribution in [2.45, 2.75) is 53.7 Å². The Bertz CT molecular complexity index is 452.